The number of rotatable bonds is 6. The predicted octanol–water partition coefficient (Wildman–Crippen LogP) is 3.84. The average Bonchev–Trinajstić information content (AvgIpc) is 2.57. The molecule has 0 fully saturated rings. The standard InChI is InChI=1S/C18H16ClFO4/c1-11(18(22)12-6-8-13(23-2)9-7-12)24-17(21)10-14-15(19)4-3-5-16(14)20/h3-9,11H,10H2,1-2H3. The maximum absolute atomic E-state index is 13.7. The van der Waals surface area contributed by atoms with Gasteiger partial charge in [0.25, 0.3) is 0 Å². The molecule has 2 aromatic rings. The molecule has 6 heteroatoms. The van der Waals surface area contributed by atoms with Crippen LogP contribution in [0.15, 0.2) is 42.5 Å². The molecule has 1 atom stereocenters. The van der Waals surface area contributed by atoms with Crippen molar-refractivity contribution in [1.82, 2.24) is 0 Å². The van der Waals surface area contributed by atoms with E-state index in [2.05, 4.69) is 0 Å². The van der Waals surface area contributed by atoms with Gasteiger partial charge in [-0.2, -0.15) is 0 Å². The molecule has 0 N–H and O–H groups in total. The van der Waals surface area contributed by atoms with Crippen molar-refractivity contribution in [1.29, 1.82) is 0 Å². The van der Waals surface area contributed by atoms with E-state index < -0.39 is 17.9 Å². The molecule has 0 spiro atoms. The van der Waals surface area contributed by atoms with Crippen LogP contribution in [0.25, 0.3) is 0 Å². The van der Waals surface area contributed by atoms with Crippen LogP contribution in [-0.4, -0.2) is 25.0 Å². The third kappa shape index (κ3) is 4.32. The molecule has 0 amide bonds. The number of Topliss-reactive ketones (excluding diaryl/α,β-unsaturated/α-hetero) is 1. The van der Waals surface area contributed by atoms with Crippen LogP contribution in [0.4, 0.5) is 4.39 Å². The van der Waals surface area contributed by atoms with E-state index in [1.54, 1.807) is 24.3 Å². The van der Waals surface area contributed by atoms with E-state index in [0.29, 0.717) is 11.3 Å². The average molecular weight is 351 g/mol. The fourth-order valence-corrected chi connectivity index (χ4v) is 2.36. The summed E-state index contributed by atoms with van der Waals surface area (Å²) in [5.41, 5.74) is 0.438. The van der Waals surface area contributed by atoms with Crippen LogP contribution in [0.3, 0.4) is 0 Å². The number of carbonyl (C=O) groups is 2. The van der Waals surface area contributed by atoms with E-state index in [1.807, 2.05) is 0 Å². The number of halogens is 2. The molecule has 0 bridgehead atoms. The minimum Gasteiger partial charge on any atom is -0.497 e. The summed E-state index contributed by atoms with van der Waals surface area (Å²) < 4.78 is 23.8. The molecule has 1 unspecified atom stereocenters. The van der Waals surface area contributed by atoms with E-state index in [-0.39, 0.29) is 22.8 Å². The molecule has 0 saturated carbocycles. The summed E-state index contributed by atoms with van der Waals surface area (Å²) in [6.45, 7) is 1.47. The first-order valence-corrected chi connectivity index (χ1v) is 7.60. The van der Waals surface area contributed by atoms with Gasteiger partial charge in [-0.05, 0) is 43.3 Å². The molecule has 0 radical (unpaired) electrons. The molecule has 0 aliphatic rings. The number of hydrogen-bond acceptors (Lipinski definition) is 4. The second kappa shape index (κ2) is 7.93. The van der Waals surface area contributed by atoms with E-state index in [4.69, 9.17) is 21.1 Å². The van der Waals surface area contributed by atoms with E-state index in [0.717, 1.165) is 0 Å². The monoisotopic (exact) mass is 350 g/mol. The summed E-state index contributed by atoms with van der Waals surface area (Å²) in [5, 5.41) is 0.140. The predicted molar refractivity (Wildman–Crippen MR) is 88.0 cm³/mol. The van der Waals surface area contributed by atoms with Gasteiger partial charge in [0.1, 0.15) is 11.6 Å². The lowest BCUT2D eigenvalue weighted by atomic mass is 10.1. The number of methoxy groups -OCH3 is 1. The van der Waals surface area contributed by atoms with Crippen molar-refractivity contribution < 1.29 is 23.5 Å². The van der Waals surface area contributed by atoms with Gasteiger partial charge in [-0.3, -0.25) is 9.59 Å². The lowest BCUT2D eigenvalue weighted by Gasteiger charge is -2.13. The van der Waals surface area contributed by atoms with Crippen molar-refractivity contribution in [2.45, 2.75) is 19.4 Å². The van der Waals surface area contributed by atoms with Crippen molar-refractivity contribution in [3.8, 4) is 5.75 Å². The van der Waals surface area contributed by atoms with Gasteiger partial charge in [0.2, 0.25) is 5.78 Å². The molecule has 0 saturated heterocycles. The van der Waals surface area contributed by atoms with Crippen molar-refractivity contribution in [2.75, 3.05) is 7.11 Å². The van der Waals surface area contributed by atoms with E-state index in [9.17, 15) is 14.0 Å². The van der Waals surface area contributed by atoms with Crippen LogP contribution in [-0.2, 0) is 16.0 Å². The van der Waals surface area contributed by atoms with Gasteiger partial charge in [0.05, 0.1) is 13.5 Å². The molecule has 24 heavy (non-hydrogen) atoms. The quantitative estimate of drug-likeness (QED) is 0.586. The molecule has 0 aromatic heterocycles. The van der Waals surface area contributed by atoms with Gasteiger partial charge >= 0.3 is 5.97 Å². The number of carbonyl (C=O) groups excluding carboxylic acids is 2. The van der Waals surface area contributed by atoms with Crippen LogP contribution in [0, 0.1) is 5.82 Å². The summed E-state index contributed by atoms with van der Waals surface area (Å²) in [5.74, 6) is -1.05. The minimum absolute atomic E-state index is 0.0493. The SMILES string of the molecule is COc1ccc(C(=O)C(C)OC(=O)Cc2c(F)cccc2Cl)cc1. The van der Waals surface area contributed by atoms with Crippen LogP contribution < -0.4 is 4.74 Å². The number of ether oxygens (including phenoxy) is 2. The van der Waals surface area contributed by atoms with Crippen LogP contribution in [0.5, 0.6) is 5.75 Å². The number of esters is 1. The number of benzene rings is 2. The van der Waals surface area contributed by atoms with Crippen LogP contribution in [0.1, 0.15) is 22.8 Å². The zero-order valence-corrected chi connectivity index (χ0v) is 14.0. The van der Waals surface area contributed by atoms with Gasteiger partial charge in [0.15, 0.2) is 6.10 Å². The lowest BCUT2D eigenvalue weighted by molar-refractivity contribution is -0.145. The maximum Gasteiger partial charge on any atom is 0.311 e. The molecule has 2 rings (SSSR count). The third-order valence-electron chi connectivity index (χ3n) is 3.43. The molecular formula is C18H16ClFO4. The molecule has 0 aliphatic heterocycles. The van der Waals surface area contributed by atoms with Gasteiger partial charge in [-0.15, -0.1) is 0 Å². The Morgan fingerprint density at radius 1 is 1.17 bits per heavy atom. The highest BCUT2D eigenvalue weighted by Gasteiger charge is 2.21. The first kappa shape index (κ1) is 17.9. The fraction of sp³-hybridized carbons (Fsp3) is 0.222. The molecule has 0 aliphatic carbocycles. The molecule has 2 aromatic carbocycles. The Bertz CT molecular complexity index is 723. The lowest BCUT2D eigenvalue weighted by Crippen LogP contribution is -2.25. The van der Waals surface area contributed by atoms with Crippen molar-refractivity contribution in [3.05, 3.63) is 64.4 Å². The summed E-state index contributed by atoms with van der Waals surface area (Å²) in [4.78, 5) is 24.2. The van der Waals surface area contributed by atoms with E-state index >= 15 is 0 Å². The van der Waals surface area contributed by atoms with Gasteiger partial charge in [-0.25, -0.2) is 4.39 Å². The Kier molecular flexibility index (Phi) is 5.93. The first-order valence-electron chi connectivity index (χ1n) is 7.23. The van der Waals surface area contributed by atoms with Gasteiger partial charge in [0, 0.05) is 16.1 Å². The molecule has 0 heterocycles. The highest BCUT2D eigenvalue weighted by atomic mass is 35.5. The Morgan fingerprint density at radius 3 is 2.42 bits per heavy atom. The van der Waals surface area contributed by atoms with Crippen LogP contribution in [0.2, 0.25) is 5.02 Å². The highest BCUT2D eigenvalue weighted by Crippen LogP contribution is 2.20. The maximum atomic E-state index is 13.7. The van der Waals surface area contributed by atoms with E-state index in [1.165, 1.54) is 32.2 Å². The minimum atomic E-state index is -0.989. The van der Waals surface area contributed by atoms with Gasteiger partial charge < -0.3 is 9.47 Å². The van der Waals surface area contributed by atoms with Crippen molar-refractivity contribution >= 4 is 23.4 Å². The smallest absolute Gasteiger partial charge is 0.311 e. The highest BCUT2D eigenvalue weighted by molar-refractivity contribution is 6.31. The number of ketones is 1. The van der Waals surface area contributed by atoms with Gasteiger partial charge in [-0.1, -0.05) is 17.7 Å². The Morgan fingerprint density at radius 2 is 1.83 bits per heavy atom. The van der Waals surface area contributed by atoms with Crippen LogP contribution >= 0.6 is 11.6 Å². The Balaban J connectivity index is 2.01. The zero-order valence-electron chi connectivity index (χ0n) is 13.2. The Hall–Kier alpha value is -2.40. The molecule has 4 nitrogen and oxygen atoms in total. The zero-order chi connectivity index (χ0) is 17.7. The fourth-order valence-electron chi connectivity index (χ4n) is 2.13. The molecule has 126 valence electrons. The molecular weight excluding hydrogens is 335 g/mol. The topological polar surface area (TPSA) is 52.6 Å². The first-order chi connectivity index (χ1) is 11.4. The largest absolute Gasteiger partial charge is 0.497 e. The second-order valence-electron chi connectivity index (χ2n) is 5.10. The summed E-state index contributed by atoms with van der Waals surface area (Å²) in [6.07, 6.45) is -1.33. The normalized spacial score (nSPS) is 11.7. The van der Waals surface area contributed by atoms with Crippen molar-refractivity contribution in [3.63, 3.8) is 0 Å². The number of hydrogen-bond donors (Lipinski definition) is 0. The van der Waals surface area contributed by atoms with Crippen molar-refractivity contribution in [2.24, 2.45) is 0 Å². The third-order valence-corrected chi connectivity index (χ3v) is 3.79. The summed E-state index contributed by atoms with van der Waals surface area (Å²) in [7, 11) is 1.52. The summed E-state index contributed by atoms with van der Waals surface area (Å²) in [6, 6.07) is 10.6. The summed E-state index contributed by atoms with van der Waals surface area (Å²) >= 11 is 5.87. The second-order valence-corrected chi connectivity index (χ2v) is 5.51. The Labute approximate surface area is 144 Å².